The predicted octanol–water partition coefficient (Wildman–Crippen LogP) is 11.7. The van der Waals surface area contributed by atoms with Crippen molar-refractivity contribution in [3.63, 3.8) is 0 Å². The number of para-hydroxylation sites is 1. The van der Waals surface area contributed by atoms with Crippen LogP contribution in [-0.2, 0) is 0 Å². The van der Waals surface area contributed by atoms with E-state index in [-0.39, 0.29) is 0 Å². The molecule has 0 amide bonds. The van der Waals surface area contributed by atoms with Crippen LogP contribution in [0, 0.1) is 0 Å². The molecule has 0 fully saturated rings. The van der Waals surface area contributed by atoms with Crippen molar-refractivity contribution in [3.05, 3.63) is 140 Å². The Bertz CT molecular complexity index is 1120. The molecule has 0 aliphatic rings. The van der Waals surface area contributed by atoms with Crippen LogP contribution in [0.25, 0.3) is 11.1 Å². The molecule has 2 nitrogen and oxygen atoms in total. The second-order valence-electron chi connectivity index (χ2n) is 7.20. The molecule has 0 heterocycles. The van der Waals surface area contributed by atoms with E-state index in [1.807, 2.05) is 91.8 Å². The van der Waals surface area contributed by atoms with E-state index in [1.54, 1.807) is 6.08 Å². The molecular formula is C36H48N2. The van der Waals surface area contributed by atoms with Crippen LogP contribution in [0.3, 0.4) is 0 Å². The molecule has 0 radical (unpaired) electrons. The van der Waals surface area contributed by atoms with E-state index in [1.165, 1.54) is 11.1 Å². The molecule has 0 saturated heterocycles. The van der Waals surface area contributed by atoms with E-state index in [0.29, 0.717) is 0 Å². The van der Waals surface area contributed by atoms with Gasteiger partial charge in [0.15, 0.2) is 0 Å². The van der Waals surface area contributed by atoms with Gasteiger partial charge in [-0.05, 0) is 79.6 Å². The van der Waals surface area contributed by atoms with Crippen LogP contribution in [0.5, 0.6) is 0 Å². The van der Waals surface area contributed by atoms with Gasteiger partial charge in [0.25, 0.3) is 0 Å². The summed E-state index contributed by atoms with van der Waals surface area (Å²) in [5.41, 5.74) is 7.59. The quantitative estimate of drug-likeness (QED) is 0.289. The first-order chi connectivity index (χ1) is 18.7. The number of benzene rings is 3. The van der Waals surface area contributed by atoms with Crippen LogP contribution in [0.2, 0.25) is 0 Å². The van der Waals surface area contributed by atoms with E-state index in [2.05, 4.69) is 96.2 Å². The fourth-order valence-electron chi connectivity index (χ4n) is 3.51. The molecule has 0 saturated carbocycles. The lowest BCUT2D eigenvalue weighted by atomic mass is 10.0. The Balaban J connectivity index is 0.00000213. The van der Waals surface area contributed by atoms with E-state index >= 15 is 0 Å². The van der Waals surface area contributed by atoms with Gasteiger partial charge in [-0.15, -0.1) is 0 Å². The summed E-state index contributed by atoms with van der Waals surface area (Å²) in [5, 5.41) is 3.43. The lowest BCUT2D eigenvalue weighted by Crippen LogP contribution is -2.19. The van der Waals surface area contributed by atoms with Gasteiger partial charge in [0, 0.05) is 28.5 Å². The average molecular weight is 509 g/mol. The summed E-state index contributed by atoms with van der Waals surface area (Å²) in [5.74, 6) is 0. The molecule has 3 rings (SSSR count). The van der Waals surface area contributed by atoms with Gasteiger partial charge in [0.2, 0.25) is 0 Å². The zero-order chi connectivity index (χ0) is 28.8. The molecule has 0 aromatic heterocycles. The minimum atomic E-state index is 0.968. The lowest BCUT2D eigenvalue weighted by Gasteiger charge is -2.27. The van der Waals surface area contributed by atoms with E-state index in [4.69, 9.17) is 0 Å². The third-order valence-corrected chi connectivity index (χ3v) is 5.05. The summed E-state index contributed by atoms with van der Waals surface area (Å²) in [7, 11) is 0. The standard InChI is InChI=1S/C30H30N2.3C2H6/c1-5-12-28(7-3)32(29(8-4)13-6-2)30-22-18-25(19-23-30)24-16-20-27(21-17-24)31-26-14-10-9-11-15-26;3*1-2/h5-23,31H,1,3H2,2,4H3;3*1-2H3/b13-6-,28-12+,29-8+;;;. The van der Waals surface area contributed by atoms with Crippen LogP contribution in [0.4, 0.5) is 17.1 Å². The van der Waals surface area contributed by atoms with Crippen LogP contribution in [0.1, 0.15) is 55.4 Å². The first-order valence-corrected chi connectivity index (χ1v) is 13.8. The zero-order valence-electron chi connectivity index (χ0n) is 24.8. The molecule has 0 aliphatic carbocycles. The Morgan fingerprint density at radius 1 is 0.658 bits per heavy atom. The van der Waals surface area contributed by atoms with E-state index in [9.17, 15) is 0 Å². The van der Waals surface area contributed by atoms with Crippen LogP contribution in [0.15, 0.2) is 140 Å². The van der Waals surface area contributed by atoms with Crippen LogP contribution >= 0.6 is 0 Å². The summed E-state index contributed by atoms with van der Waals surface area (Å²) < 4.78 is 0. The van der Waals surface area contributed by atoms with Crippen molar-refractivity contribution in [1.82, 2.24) is 0 Å². The summed E-state index contributed by atoms with van der Waals surface area (Å²) in [6, 6.07) is 27.3. The second kappa shape index (κ2) is 21.1. The van der Waals surface area contributed by atoms with E-state index < -0.39 is 0 Å². The van der Waals surface area contributed by atoms with Crippen molar-refractivity contribution < 1.29 is 0 Å². The number of allylic oxidation sites excluding steroid dienone is 6. The highest BCUT2D eigenvalue weighted by molar-refractivity contribution is 5.72. The fourth-order valence-corrected chi connectivity index (χ4v) is 3.51. The molecule has 0 unspecified atom stereocenters. The second-order valence-corrected chi connectivity index (χ2v) is 7.20. The van der Waals surface area contributed by atoms with Crippen molar-refractivity contribution in [2.45, 2.75) is 55.4 Å². The molecule has 3 aromatic carbocycles. The molecular weight excluding hydrogens is 460 g/mol. The first-order valence-electron chi connectivity index (χ1n) is 13.8. The molecule has 3 aromatic rings. The summed E-state index contributed by atoms with van der Waals surface area (Å²) in [4.78, 5) is 2.17. The number of anilines is 3. The number of rotatable bonds is 9. The highest BCUT2D eigenvalue weighted by Gasteiger charge is 2.13. The van der Waals surface area contributed by atoms with Gasteiger partial charge >= 0.3 is 0 Å². The Labute approximate surface area is 233 Å². The van der Waals surface area contributed by atoms with Crippen molar-refractivity contribution in [2.75, 3.05) is 10.2 Å². The van der Waals surface area contributed by atoms with Crippen molar-refractivity contribution in [2.24, 2.45) is 0 Å². The molecule has 0 atom stereocenters. The Kier molecular flexibility index (Phi) is 18.8. The molecule has 202 valence electrons. The van der Waals surface area contributed by atoms with Crippen molar-refractivity contribution >= 4 is 17.1 Å². The summed E-state index contributed by atoms with van der Waals surface area (Å²) in [6.45, 7) is 23.9. The van der Waals surface area contributed by atoms with Gasteiger partial charge in [-0.1, -0.05) is 115 Å². The van der Waals surface area contributed by atoms with Crippen LogP contribution in [-0.4, -0.2) is 0 Å². The first kappa shape index (κ1) is 34.0. The molecule has 1 N–H and O–H groups in total. The zero-order valence-corrected chi connectivity index (χ0v) is 24.8. The maximum atomic E-state index is 3.99. The largest absolute Gasteiger partial charge is 0.356 e. The molecule has 0 aliphatic heterocycles. The third kappa shape index (κ3) is 10.5. The van der Waals surface area contributed by atoms with E-state index in [0.717, 1.165) is 28.5 Å². The number of nitrogens with one attached hydrogen (secondary N) is 1. The van der Waals surface area contributed by atoms with Crippen molar-refractivity contribution in [1.29, 1.82) is 0 Å². The van der Waals surface area contributed by atoms with Crippen LogP contribution < -0.4 is 10.2 Å². The van der Waals surface area contributed by atoms with Gasteiger partial charge < -0.3 is 10.2 Å². The van der Waals surface area contributed by atoms with Crippen molar-refractivity contribution in [3.8, 4) is 11.1 Å². The SMILES string of the molecule is C=C/C=C(\C=C)N(C(/C=C\C)=C/C)c1ccc(-c2ccc(Nc3ccccc3)cc2)cc1.CC.CC.CC. The van der Waals surface area contributed by atoms with Gasteiger partial charge in [-0.2, -0.15) is 0 Å². The smallest absolute Gasteiger partial charge is 0.0461 e. The fraction of sp³-hybridized carbons (Fsp3) is 0.222. The number of hydrogen-bond donors (Lipinski definition) is 1. The van der Waals surface area contributed by atoms with Gasteiger partial charge in [0.1, 0.15) is 0 Å². The summed E-state index contributed by atoms with van der Waals surface area (Å²) in [6.07, 6.45) is 11.8. The molecule has 0 spiro atoms. The van der Waals surface area contributed by atoms with Gasteiger partial charge in [0.05, 0.1) is 0 Å². The molecule has 2 heteroatoms. The Morgan fingerprint density at radius 3 is 1.61 bits per heavy atom. The maximum Gasteiger partial charge on any atom is 0.0461 e. The normalized spacial score (nSPS) is 10.5. The number of hydrogen-bond acceptors (Lipinski definition) is 2. The Morgan fingerprint density at radius 2 is 1.16 bits per heavy atom. The average Bonchev–Trinajstić information content (AvgIpc) is 3.00. The predicted molar refractivity (Wildman–Crippen MR) is 175 cm³/mol. The maximum absolute atomic E-state index is 3.99. The highest BCUT2D eigenvalue weighted by atomic mass is 15.1. The minimum absolute atomic E-state index is 0.968. The Hall–Kier alpha value is -4.04. The topological polar surface area (TPSA) is 15.3 Å². The number of nitrogens with zero attached hydrogens (tertiary/aromatic N) is 1. The van der Waals surface area contributed by atoms with Gasteiger partial charge in [-0.3, -0.25) is 0 Å². The minimum Gasteiger partial charge on any atom is -0.356 e. The lowest BCUT2D eigenvalue weighted by molar-refractivity contribution is 1.13. The van der Waals surface area contributed by atoms with Gasteiger partial charge in [-0.25, -0.2) is 0 Å². The monoisotopic (exact) mass is 508 g/mol. The molecule has 38 heavy (non-hydrogen) atoms. The highest BCUT2D eigenvalue weighted by Crippen LogP contribution is 2.30. The molecule has 0 bridgehead atoms. The third-order valence-electron chi connectivity index (χ3n) is 5.05. The summed E-state index contributed by atoms with van der Waals surface area (Å²) >= 11 is 0.